The number of hydrogen-bond acceptors (Lipinski definition) is 4. The van der Waals surface area contributed by atoms with Gasteiger partial charge in [0.15, 0.2) is 5.96 Å². The molecule has 1 aromatic carbocycles. The summed E-state index contributed by atoms with van der Waals surface area (Å²) in [6, 6.07) is 3.94. The smallest absolute Gasteiger partial charge is 0.195 e. The predicted octanol–water partition coefficient (Wildman–Crippen LogP) is 2.54. The minimum atomic E-state index is 0.681. The average molecular weight is 318 g/mol. The fraction of sp³-hybridized carbons (Fsp3) is 0.364. The molecule has 92 valence electrons. The highest BCUT2D eigenvalue weighted by atomic mass is 79.9. The molecule has 0 unspecified atom stereocenters. The maximum atomic E-state index is 6.37. The van der Waals surface area contributed by atoms with Crippen LogP contribution in [0.15, 0.2) is 21.6 Å². The van der Waals surface area contributed by atoms with Crippen molar-refractivity contribution in [3.05, 3.63) is 21.6 Å². The fourth-order valence-electron chi connectivity index (χ4n) is 1.60. The van der Waals surface area contributed by atoms with Crippen molar-refractivity contribution < 1.29 is 0 Å². The molecule has 0 aliphatic carbocycles. The van der Waals surface area contributed by atoms with E-state index in [4.69, 9.17) is 11.6 Å². The van der Waals surface area contributed by atoms with Crippen molar-refractivity contribution in [3.8, 4) is 0 Å². The van der Waals surface area contributed by atoms with Gasteiger partial charge < -0.3 is 15.5 Å². The number of nitrogens with one attached hydrogen (secondary N) is 2. The van der Waals surface area contributed by atoms with Crippen molar-refractivity contribution in [2.75, 3.05) is 37.4 Å². The van der Waals surface area contributed by atoms with Crippen LogP contribution in [0, 0.1) is 0 Å². The SMILES string of the molecule is CN(C)c1ccc(Br)c(NC2=NCCN2)c1Cl. The Bertz CT molecular complexity index is 459. The molecule has 0 amide bonds. The van der Waals surface area contributed by atoms with Gasteiger partial charge in [-0.05, 0) is 28.1 Å². The molecule has 1 aliphatic rings. The van der Waals surface area contributed by atoms with E-state index in [-0.39, 0.29) is 0 Å². The lowest BCUT2D eigenvalue weighted by Crippen LogP contribution is -2.26. The van der Waals surface area contributed by atoms with E-state index in [1.807, 2.05) is 31.1 Å². The number of rotatable bonds is 2. The van der Waals surface area contributed by atoms with Gasteiger partial charge in [0.05, 0.1) is 22.9 Å². The van der Waals surface area contributed by atoms with Crippen LogP contribution in [0.5, 0.6) is 0 Å². The van der Waals surface area contributed by atoms with Crippen LogP contribution in [0.3, 0.4) is 0 Å². The molecule has 0 aromatic heterocycles. The molecule has 1 aliphatic heterocycles. The van der Waals surface area contributed by atoms with Gasteiger partial charge in [-0.3, -0.25) is 4.99 Å². The first-order valence-electron chi connectivity index (χ1n) is 5.30. The lowest BCUT2D eigenvalue weighted by molar-refractivity contribution is 0.959. The van der Waals surface area contributed by atoms with E-state index < -0.39 is 0 Å². The van der Waals surface area contributed by atoms with Crippen LogP contribution in [0.1, 0.15) is 0 Å². The third kappa shape index (κ3) is 2.66. The van der Waals surface area contributed by atoms with Gasteiger partial charge in [0.1, 0.15) is 0 Å². The van der Waals surface area contributed by atoms with Crippen LogP contribution in [0.4, 0.5) is 11.4 Å². The van der Waals surface area contributed by atoms with Crippen LogP contribution in [-0.2, 0) is 0 Å². The summed E-state index contributed by atoms with van der Waals surface area (Å²) in [5.41, 5.74) is 1.81. The van der Waals surface area contributed by atoms with Gasteiger partial charge in [0.2, 0.25) is 0 Å². The Morgan fingerprint density at radius 3 is 2.82 bits per heavy atom. The van der Waals surface area contributed by atoms with Gasteiger partial charge in [-0.1, -0.05) is 11.6 Å². The van der Waals surface area contributed by atoms with Crippen molar-refractivity contribution in [1.29, 1.82) is 0 Å². The van der Waals surface area contributed by atoms with E-state index >= 15 is 0 Å². The van der Waals surface area contributed by atoms with E-state index in [1.54, 1.807) is 0 Å². The highest BCUT2D eigenvalue weighted by Crippen LogP contribution is 2.37. The molecule has 0 fully saturated rings. The van der Waals surface area contributed by atoms with E-state index in [2.05, 4.69) is 31.6 Å². The normalized spacial score (nSPS) is 14.2. The molecule has 0 atom stereocenters. The van der Waals surface area contributed by atoms with Gasteiger partial charge in [-0.2, -0.15) is 0 Å². The lowest BCUT2D eigenvalue weighted by Gasteiger charge is -2.18. The molecule has 0 saturated carbocycles. The Balaban J connectivity index is 2.34. The molecule has 0 bridgehead atoms. The molecule has 1 heterocycles. The summed E-state index contributed by atoms with van der Waals surface area (Å²) in [7, 11) is 3.93. The number of nitrogens with zero attached hydrogens (tertiary/aromatic N) is 2. The summed E-state index contributed by atoms with van der Waals surface area (Å²) < 4.78 is 0.921. The number of aliphatic imine (C=N–C) groups is 1. The van der Waals surface area contributed by atoms with E-state index in [1.165, 1.54) is 0 Å². The predicted molar refractivity (Wildman–Crippen MR) is 77.4 cm³/mol. The molecule has 17 heavy (non-hydrogen) atoms. The van der Waals surface area contributed by atoms with Crippen molar-refractivity contribution in [2.45, 2.75) is 0 Å². The Labute approximate surface area is 114 Å². The molecule has 0 radical (unpaired) electrons. The molecule has 2 rings (SSSR count). The zero-order valence-electron chi connectivity index (χ0n) is 9.72. The first-order valence-corrected chi connectivity index (χ1v) is 6.47. The minimum Gasteiger partial charge on any atom is -0.376 e. The topological polar surface area (TPSA) is 39.7 Å². The standard InChI is InChI=1S/C11H14BrClN4/c1-17(2)8-4-3-7(12)10(9(8)13)16-11-14-5-6-15-11/h3-4H,5-6H2,1-2H3,(H2,14,15,16). The second-order valence-electron chi connectivity index (χ2n) is 3.93. The van der Waals surface area contributed by atoms with Crippen LogP contribution >= 0.6 is 27.5 Å². The first-order chi connectivity index (χ1) is 8.09. The third-order valence-electron chi connectivity index (χ3n) is 2.47. The maximum absolute atomic E-state index is 6.37. The van der Waals surface area contributed by atoms with Gasteiger partial charge in [-0.15, -0.1) is 0 Å². The molecular weight excluding hydrogens is 304 g/mol. The highest BCUT2D eigenvalue weighted by Gasteiger charge is 2.14. The number of anilines is 2. The molecule has 2 N–H and O–H groups in total. The summed E-state index contributed by atoms with van der Waals surface area (Å²) in [6.07, 6.45) is 0. The van der Waals surface area contributed by atoms with Crippen LogP contribution in [-0.4, -0.2) is 33.1 Å². The number of halogens is 2. The van der Waals surface area contributed by atoms with E-state index in [9.17, 15) is 0 Å². The van der Waals surface area contributed by atoms with Crippen LogP contribution in [0.25, 0.3) is 0 Å². The van der Waals surface area contributed by atoms with Crippen molar-refractivity contribution in [1.82, 2.24) is 5.32 Å². The third-order valence-corrected chi connectivity index (χ3v) is 3.51. The maximum Gasteiger partial charge on any atom is 0.195 e. The molecule has 1 aromatic rings. The summed E-state index contributed by atoms with van der Waals surface area (Å²) in [4.78, 5) is 6.27. The number of guanidine groups is 1. The first kappa shape index (κ1) is 12.5. The van der Waals surface area contributed by atoms with Crippen molar-refractivity contribution in [2.24, 2.45) is 4.99 Å². The monoisotopic (exact) mass is 316 g/mol. The zero-order chi connectivity index (χ0) is 12.4. The lowest BCUT2D eigenvalue weighted by atomic mass is 10.2. The van der Waals surface area contributed by atoms with Gasteiger partial charge >= 0.3 is 0 Å². The highest BCUT2D eigenvalue weighted by molar-refractivity contribution is 9.10. The summed E-state index contributed by atoms with van der Waals surface area (Å²) in [5.74, 6) is 0.767. The minimum absolute atomic E-state index is 0.681. The zero-order valence-corrected chi connectivity index (χ0v) is 12.1. The van der Waals surface area contributed by atoms with E-state index in [0.717, 1.165) is 34.9 Å². The van der Waals surface area contributed by atoms with Gasteiger partial charge in [0.25, 0.3) is 0 Å². The van der Waals surface area contributed by atoms with Gasteiger partial charge in [-0.25, -0.2) is 0 Å². The van der Waals surface area contributed by atoms with Gasteiger partial charge in [0, 0.05) is 25.1 Å². The molecule has 0 spiro atoms. The second kappa shape index (κ2) is 5.14. The summed E-state index contributed by atoms with van der Waals surface area (Å²) in [5, 5.41) is 7.04. The molecule has 0 saturated heterocycles. The van der Waals surface area contributed by atoms with Crippen molar-refractivity contribution in [3.63, 3.8) is 0 Å². The van der Waals surface area contributed by atoms with E-state index in [0.29, 0.717) is 5.02 Å². The molecule has 4 nitrogen and oxygen atoms in total. The summed E-state index contributed by atoms with van der Waals surface area (Å²) in [6.45, 7) is 1.66. The molecule has 6 heteroatoms. The largest absolute Gasteiger partial charge is 0.376 e. The molecular formula is C11H14BrClN4. The van der Waals surface area contributed by atoms with Crippen LogP contribution in [0.2, 0.25) is 5.02 Å². The Hall–Kier alpha value is -0.940. The Kier molecular flexibility index (Phi) is 3.79. The average Bonchev–Trinajstić information content (AvgIpc) is 2.76. The Morgan fingerprint density at radius 2 is 2.24 bits per heavy atom. The Morgan fingerprint density at radius 1 is 1.47 bits per heavy atom. The van der Waals surface area contributed by atoms with Crippen molar-refractivity contribution >= 4 is 44.9 Å². The number of benzene rings is 1. The summed E-state index contributed by atoms with van der Waals surface area (Å²) >= 11 is 9.86. The quantitative estimate of drug-likeness (QED) is 0.880. The second-order valence-corrected chi connectivity index (χ2v) is 5.16. The fourth-order valence-corrected chi connectivity index (χ4v) is 2.53. The van der Waals surface area contributed by atoms with Crippen LogP contribution < -0.4 is 15.5 Å². The number of hydrogen-bond donors (Lipinski definition) is 2.